The Kier molecular flexibility index (Phi) is 3.16. The molecule has 0 N–H and O–H groups in total. The minimum atomic E-state index is -0.305. The second-order valence-corrected chi connectivity index (χ2v) is 5.91. The topological polar surface area (TPSA) is 34.9 Å². The Morgan fingerprint density at radius 1 is 1.37 bits per heavy atom. The van der Waals surface area contributed by atoms with Gasteiger partial charge in [-0.1, -0.05) is 18.2 Å². The van der Waals surface area contributed by atoms with Crippen molar-refractivity contribution in [2.45, 2.75) is 12.2 Å². The number of fused-ring (bicyclic) bond motifs is 1. The molecule has 3 rings (SSSR count). The van der Waals surface area contributed by atoms with E-state index in [4.69, 9.17) is 0 Å². The summed E-state index contributed by atoms with van der Waals surface area (Å²) in [4.78, 5) is 12.2. The highest BCUT2D eigenvalue weighted by atomic mass is 32.1. The summed E-state index contributed by atoms with van der Waals surface area (Å²) < 4.78 is 6.13. The third kappa shape index (κ3) is 2.09. The first-order chi connectivity index (χ1) is 9.18. The van der Waals surface area contributed by atoms with E-state index in [-0.39, 0.29) is 11.0 Å². The summed E-state index contributed by atoms with van der Waals surface area (Å²) in [6, 6.07) is 9.83. The standard InChI is InChI=1S/C14H12N2OS2/c1-9(18)14(17)11-8-16(13-6-7-15-19-13)12-5-3-2-4-10(11)12/h2-9,18H,1H3. The predicted molar refractivity (Wildman–Crippen MR) is 81.7 cm³/mol. The molecule has 2 aromatic heterocycles. The maximum absolute atomic E-state index is 12.2. The van der Waals surface area contributed by atoms with Crippen molar-refractivity contribution in [2.24, 2.45) is 0 Å². The summed E-state index contributed by atoms with van der Waals surface area (Å²) in [7, 11) is 0. The monoisotopic (exact) mass is 288 g/mol. The van der Waals surface area contributed by atoms with Gasteiger partial charge in [0.15, 0.2) is 5.78 Å². The largest absolute Gasteiger partial charge is 0.306 e. The molecular formula is C14H12N2OS2. The van der Waals surface area contributed by atoms with Gasteiger partial charge in [0.2, 0.25) is 0 Å². The van der Waals surface area contributed by atoms with Crippen molar-refractivity contribution in [1.82, 2.24) is 8.94 Å². The molecule has 0 amide bonds. The first kappa shape index (κ1) is 12.4. The van der Waals surface area contributed by atoms with Gasteiger partial charge >= 0.3 is 0 Å². The average Bonchev–Trinajstić information content (AvgIpc) is 3.04. The lowest BCUT2D eigenvalue weighted by molar-refractivity contribution is 0.0996. The molecule has 1 aromatic carbocycles. The SMILES string of the molecule is CC(S)C(=O)c1cn(-c2ccns2)c2ccccc12. The smallest absolute Gasteiger partial charge is 0.177 e. The first-order valence-corrected chi connectivity index (χ1v) is 7.21. The van der Waals surface area contributed by atoms with Gasteiger partial charge in [0.25, 0.3) is 0 Å². The molecule has 1 atom stereocenters. The highest BCUT2D eigenvalue weighted by molar-refractivity contribution is 7.81. The fraction of sp³-hybridized carbons (Fsp3) is 0.143. The molecule has 19 heavy (non-hydrogen) atoms. The number of carbonyl (C=O) groups excluding carboxylic acids is 1. The summed E-state index contributed by atoms with van der Waals surface area (Å²) in [5.74, 6) is 0.0443. The normalized spacial score (nSPS) is 12.7. The third-order valence-electron chi connectivity index (χ3n) is 3.02. The van der Waals surface area contributed by atoms with Crippen molar-refractivity contribution in [1.29, 1.82) is 0 Å². The number of ketones is 1. The fourth-order valence-corrected chi connectivity index (χ4v) is 2.85. The van der Waals surface area contributed by atoms with Crippen LogP contribution >= 0.6 is 24.2 Å². The zero-order valence-electron chi connectivity index (χ0n) is 10.3. The molecular weight excluding hydrogens is 276 g/mol. The molecule has 3 nitrogen and oxygen atoms in total. The molecule has 0 saturated carbocycles. The summed E-state index contributed by atoms with van der Waals surface area (Å²) in [5, 5.41) is 1.66. The van der Waals surface area contributed by atoms with Gasteiger partial charge in [-0.05, 0) is 30.6 Å². The molecule has 2 heterocycles. The van der Waals surface area contributed by atoms with Gasteiger partial charge in [0, 0.05) is 23.3 Å². The zero-order chi connectivity index (χ0) is 13.4. The maximum atomic E-state index is 12.2. The van der Waals surface area contributed by atoms with Crippen LogP contribution in [0.3, 0.4) is 0 Å². The van der Waals surface area contributed by atoms with Gasteiger partial charge < -0.3 is 4.57 Å². The Hall–Kier alpha value is -1.59. The minimum absolute atomic E-state index is 0.0443. The molecule has 96 valence electrons. The highest BCUT2D eigenvalue weighted by Gasteiger charge is 2.18. The zero-order valence-corrected chi connectivity index (χ0v) is 12.0. The van der Waals surface area contributed by atoms with Crippen LogP contribution in [0.15, 0.2) is 42.7 Å². The van der Waals surface area contributed by atoms with E-state index in [0.717, 1.165) is 15.9 Å². The van der Waals surface area contributed by atoms with E-state index in [0.29, 0.717) is 5.56 Å². The lowest BCUT2D eigenvalue weighted by Gasteiger charge is -2.00. The van der Waals surface area contributed by atoms with E-state index in [1.165, 1.54) is 11.5 Å². The molecule has 0 fully saturated rings. The van der Waals surface area contributed by atoms with Crippen molar-refractivity contribution >= 4 is 40.8 Å². The number of benzene rings is 1. The van der Waals surface area contributed by atoms with Crippen molar-refractivity contribution in [3.05, 3.63) is 48.3 Å². The Balaban J connectivity index is 2.28. The van der Waals surface area contributed by atoms with E-state index in [1.807, 2.05) is 41.1 Å². The summed E-state index contributed by atoms with van der Waals surface area (Å²) in [6.07, 6.45) is 3.64. The van der Waals surface area contributed by atoms with Crippen molar-refractivity contribution in [3.8, 4) is 5.00 Å². The third-order valence-corrected chi connectivity index (χ3v) is 4.00. The molecule has 0 aliphatic carbocycles. The summed E-state index contributed by atoms with van der Waals surface area (Å²) in [5.41, 5.74) is 1.73. The van der Waals surface area contributed by atoms with Crippen LogP contribution in [0.25, 0.3) is 15.9 Å². The molecule has 3 aromatic rings. The Morgan fingerprint density at radius 2 is 2.16 bits per heavy atom. The number of hydrogen-bond acceptors (Lipinski definition) is 4. The van der Waals surface area contributed by atoms with Gasteiger partial charge in [-0.3, -0.25) is 4.79 Å². The van der Waals surface area contributed by atoms with Gasteiger partial charge in [-0.15, -0.1) is 0 Å². The number of hydrogen-bond donors (Lipinski definition) is 1. The molecule has 0 aliphatic heterocycles. The highest BCUT2D eigenvalue weighted by Crippen LogP contribution is 2.27. The molecule has 0 bridgehead atoms. The van der Waals surface area contributed by atoms with Crippen LogP contribution in [-0.4, -0.2) is 20.0 Å². The maximum Gasteiger partial charge on any atom is 0.177 e. The number of nitrogens with zero attached hydrogens (tertiary/aromatic N) is 2. The van der Waals surface area contributed by atoms with Crippen LogP contribution in [0.1, 0.15) is 17.3 Å². The minimum Gasteiger partial charge on any atom is -0.306 e. The first-order valence-electron chi connectivity index (χ1n) is 5.92. The van der Waals surface area contributed by atoms with E-state index >= 15 is 0 Å². The van der Waals surface area contributed by atoms with Crippen LogP contribution in [0, 0.1) is 0 Å². The summed E-state index contributed by atoms with van der Waals surface area (Å²) >= 11 is 5.65. The van der Waals surface area contributed by atoms with Gasteiger partial charge in [-0.25, -0.2) is 0 Å². The van der Waals surface area contributed by atoms with Crippen LogP contribution in [-0.2, 0) is 0 Å². The Morgan fingerprint density at radius 3 is 2.84 bits per heavy atom. The second kappa shape index (κ2) is 4.83. The molecule has 1 unspecified atom stereocenters. The van der Waals surface area contributed by atoms with Gasteiger partial charge in [-0.2, -0.15) is 17.0 Å². The van der Waals surface area contributed by atoms with Crippen LogP contribution in [0.5, 0.6) is 0 Å². The van der Waals surface area contributed by atoms with Crippen molar-refractivity contribution in [2.75, 3.05) is 0 Å². The average molecular weight is 288 g/mol. The Bertz CT molecular complexity index is 729. The molecule has 0 spiro atoms. The number of rotatable bonds is 3. The van der Waals surface area contributed by atoms with Gasteiger partial charge in [0.1, 0.15) is 5.00 Å². The van der Waals surface area contributed by atoms with E-state index in [1.54, 1.807) is 13.1 Å². The van der Waals surface area contributed by atoms with Crippen molar-refractivity contribution < 1.29 is 4.79 Å². The molecule has 0 saturated heterocycles. The van der Waals surface area contributed by atoms with E-state index in [2.05, 4.69) is 17.0 Å². The van der Waals surface area contributed by atoms with Crippen LogP contribution < -0.4 is 0 Å². The fourth-order valence-electron chi connectivity index (χ4n) is 2.12. The van der Waals surface area contributed by atoms with Crippen molar-refractivity contribution in [3.63, 3.8) is 0 Å². The Labute approximate surface area is 120 Å². The van der Waals surface area contributed by atoms with Crippen LogP contribution in [0.2, 0.25) is 0 Å². The molecule has 5 heteroatoms. The lowest BCUT2D eigenvalue weighted by Crippen LogP contribution is -2.09. The lowest BCUT2D eigenvalue weighted by atomic mass is 10.1. The number of aromatic nitrogens is 2. The number of thiol groups is 1. The van der Waals surface area contributed by atoms with E-state index in [9.17, 15) is 4.79 Å². The quantitative estimate of drug-likeness (QED) is 0.590. The molecule has 0 aliphatic rings. The second-order valence-electron chi connectivity index (χ2n) is 4.32. The summed E-state index contributed by atoms with van der Waals surface area (Å²) in [6.45, 7) is 1.80. The number of Topliss-reactive ketones (excluding diaryl/α,β-unsaturated/α-hetero) is 1. The van der Waals surface area contributed by atoms with Gasteiger partial charge in [0.05, 0.1) is 10.8 Å². The predicted octanol–water partition coefficient (Wildman–Crippen LogP) is 3.59. The number of carbonyl (C=O) groups is 1. The number of para-hydroxylation sites is 1. The van der Waals surface area contributed by atoms with E-state index < -0.39 is 0 Å². The molecule has 0 radical (unpaired) electrons. The van der Waals surface area contributed by atoms with Crippen LogP contribution in [0.4, 0.5) is 0 Å².